The molecule has 1 unspecified atom stereocenters. The number of nitrogens with zero attached hydrogens (tertiary/aromatic N) is 5. The van der Waals surface area contributed by atoms with Gasteiger partial charge in [-0.15, -0.1) is 0 Å². The predicted octanol–water partition coefficient (Wildman–Crippen LogP) is 2.79. The highest BCUT2D eigenvalue weighted by atomic mass is 15.3. The molecule has 2 heterocycles. The van der Waals surface area contributed by atoms with E-state index in [2.05, 4.69) is 63.1 Å². The second kappa shape index (κ2) is 9.24. The van der Waals surface area contributed by atoms with Gasteiger partial charge < -0.3 is 15.1 Å². The molecule has 1 fully saturated rings. The summed E-state index contributed by atoms with van der Waals surface area (Å²) in [5.41, 5.74) is 2.28. The van der Waals surface area contributed by atoms with Crippen LogP contribution in [0.25, 0.3) is 10.9 Å². The van der Waals surface area contributed by atoms with Gasteiger partial charge in [0.05, 0.1) is 5.52 Å². The third kappa shape index (κ3) is 4.38. The van der Waals surface area contributed by atoms with Gasteiger partial charge in [0, 0.05) is 52.2 Å². The van der Waals surface area contributed by atoms with E-state index < -0.39 is 0 Å². The maximum Gasteiger partial charge on any atom is 0.193 e. The number of pyridine rings is 1. The van der Waals surface area contributed by atoms with Crippen molar-refractivity contribution in [1.82, 2.24) is 20.1 Å². The Balaban J connectivity index is 1.74. The highest BCUT2D eigenvalue weighted by molar-refractivity contribution is 5.85. The fourth-order valence-electron chi connectivity index (χ4n) is 4.09. The number of benzene rings is 1. The molecule has 1 N–H and O–H groups in total. The number of guanidine groups is 1. The van der Waals surface area contributed by atoms with Crippen LogP contribution in [0.1, 0.15) is 25.8 Å². The largest absolute Gasteiger partial charge is 0.363 e. The Morgan fingerprint density at radius 1 is 1.25 bits per heavy atom. The van der Waals surface area contributed by atoms with Crippen LogP contribution in [-0.4, -0.2) is 74.1 Å². The zero-order valence-electron chi connectivity index (χ0n) is 17.9. The molecule has 28 heavy (non-hydrogen) atoms. The van der Waals surface area contributed by atoms with Crippen molar-refractivity contribution in [1.29, 1.82) is 0 Å². The molecular formula is C22H34N6. The van der Waals surface area contributed by atoms with E-state index in [9.17, 15) is 0 Å². The average Bonchev–Trinajstić information content (AvgIpc) is 3.18. The summed E-state index contributed by atoms with van der Waals surface area (Å²) in [6.07, 6.45) is 1.20. The second-order valence-electron chi connectivity index (χ2n) is 7.56. The number of fused-ring (bicyclic) bond motifs is 1. The first-order chi connectivity index (χ1) is 13.6. The van der Waals surface area contributed by atoms with Gasteiger partial charge in [0.25, 0.3) is 0 Å². The molecule has 1 aromatic carbocycles. The summed E-state index contributed by atoms with van der Waals surface area (Å²) < 4.78 is 0. The Labute approximate surface area is 169 Å². The monoisotopic (exact) mass is 382 g/mol. The molecule has 0 spiro atoms. The van der Waals surface area contributed by atoms with E-state index in [-0.39, 0.29) is 0 Å². The second-order valence-corrected chi connectivity index (χ2v) is 7.56. The summed E-state index contributed by atoms with van der Waals surface area (Å²) in [6.45, 7) is 9.55. The molecule has 3 rings (SSSR count). The van der Waals surface area contributed by atoms with E-state index in [0.29, 0.717) is 6.04 Å². The number of hydrogen-bond donors (Lipinski definition) is 1. The van der Waals surface area contributed by atoms with E-state index in [1.807, 2.05) is 27.2 Å². The lowest BCUT2D eigenvalue weighted by Crippen LogP contribution is -2.43. The van der Waals surface area contributed by atoms with Gasteiger partial charge in [0.15, 0.2) is 5.96 Å². The molecule has 152 valence electrons. The van der Waals surface area contributed by atoms with Crippen molar-refractivity contribution >= 4 is 22.7 Å². The van der Waals surface area contributed by atoms with Crippen LogP contribution in [0.15, 0.2) is 35.3 Å². The Hall–Kier alpha value is -2.34. The van der Waals surface area contributed by atoms with Crippen LogP contribution in [0.3, 0.4) is 0 Å². The molecule has 0 saturated carbocycles. The molecule has 2 aromatic rings. The maximum atomic E-state index is 4.76. The van der Waals surface area contributed by atoms with Gasteiger partial charge in [-0.05, 0) is 37.2 Å². The van der Waals surface area contributed by atoms with Gasteiger partial charge in [0.2, 0.25) is 0 Å². The number of likely N-dealkylation sites (tertiary alicyclic amines) is 1. The Kier molecular flexibility index (Phi) is 6.73. The fraction of sp³-hybridized carbons (Fsp3) is 0.545. The Morgan fingerprint density at radius 2 is 2.00 bits per heavy atom. The van der Waals surface area contributed by atoms with Crippen molar-refractivity contribution < 1.29 is 0 Å². The molecule has 1 saturated heterocycles. The molecule has 0 amide bonds. The van der Waals surface area contributed by atoms with E-state index in [0.717, 1.165) is 50.0 Å². The molecule has 6 heteroatoms. The fourth-order valence-corrected chi connectivity index (χ4v) is 4.09. The molecule has 6 nitrogen and oxygen atoms in total. The Bertz CT molecular complexity index is 812. The van der Waals surface area contributed by atoms with Crippen LogP contribution >= 0.6 is 0 Å². The van der Waals surface area contributed by atoms with E-state index in [1.165, 1.54) is 17.4 Å². The van der Waals surface area contributed by atoms with Crippen molar-refractivity contribution in [3.8, 4) is 0 Å². The van der Waals surface area contributed by atoms with Crippen LogP contribution in [0, 0.1) is 0 Å². The van der Waals surface area contributed by atoms with Crippen molar-refractivity contribution in [3.05, 3.63) is 35.9 Å². The number of hydrogen-bond acceptors (Lipinski definition) is 4. The van der Waals surface area contributed by atoms with Crippen molar-refractivity contribution in [2.75, 3.05) is 52.2 Å². The third-order valence-electron chi connectivity index (χ3n) is 5.69. The Morgan fingerprint density at radius 3 is 2.68 bits per heavy atom. The molecule has 1 atom stereocenters. The van der Waals surface area contributed by atoms with E-state index in [4.69, 9.17) is 4.98 Å². The minimum absolute atomic E-state index is 0.621. The zero-order chi connectivity index (χ0) is 20.1. The average molecular weight is 383 g/mol. The van der Waals surface area contributed by atoms with Crippen LogP contribution in [0.2, 0.25) is 0 Å². The van der Waals surface area contributed by atoms with E-state index >= 15 is 0 Å². The lowest BCUT2D eigenvalue weighted by atomic mass is 10.1. The predicted molar refractivity (Wildman–Crippen MR) is 119 cm³/mol. The molecule has 0 aliphatic carbocycles. The number of para-hydroxylation sites is 1. The number of anilines is 1. The van der Waals surface area contributed by atoms with Crippen LogP contribution < -0.4 is 10.2 Å². The van der Waals surface area contributed by atoms with Crippen molar-refractivity contribution in [3.63, 3.8) is 0 Å². The first-order valence-corrected chi connectivity index (χ1v) is 10.3. The normalized spacial score (nSPS) is 17.6. The highest BCUT2D eigenvalue weighted by Gasteiger charge is 2.28. The molecule has 0 radical (unpaired) electrons. The van der Waals surface area contributed by atoms with Gasteiger partial charge in [-0.1, -0.05) is 32.0 Å². The first kappa shape index (κ1) is 20.4. The van der Waals surface area contributed by atoms with Crippen LogP contribution in [0.4, 0.5) is 5.82 Å². The SMILES string of the molecule is CCN(CC)C1CCN(C(=NC)NCc2cc(N(C)C)nc3ccccc23)C1. The zero-order valence-corrected chi connectivity index (χ0v) is 17.9. The van der Waals surface area contributed by atoms with Gasteiger partial charge in [-0.3, -0.25) is 9.89 Å². The molecule has 0 bridgehead atoms. The number of likely N-dealkylation sites (N-methyl/N-ethyl adjacent to an activating group) is 1. The summed E-state index contributed by atoms with van der Waals surface area (Å²) in [4.78, 5) is 16.3. The summed E-state index contributed by atoms with van der Waals surface area (Å²) in [5, 5.41) is 4.79. The molecule has 1 aromatic heterocycles. The molecule has 1 aliphatic rings. The minimum atomic E-state index is 0.621. The lowest BCUT2D eigenvalue weighted by Gasteiger charge is -2.27. The van der Waals surface area contributed by atoms with Crippen molar-refractivity contribution in [2.45, 2.75) is 32.9 Å². The third-order valence-corrected chi connectivity index (χ3v) is 5.69. The van der Waals surface area contributed by atoms with Crippen LogP contribution in [-0.2, 0) is 6.54 Å². The summed E-state index contributed by atoms with van der Waals surface area (Å²) in [7, 11) is 5.94. The minimum Gasteiger partial charge on any atom is -0.363 e. The molecule has 1 aliphatic heterocycles. The lowest BCUT2D eigenvalue weighted by molar-refractivity contribution is 0.223. The van der Waals surface area contributed by atoms with Gasteiger partial charge in [0.1, 0.15) is 5.82 Å². The van der Waals surface area contributed by atoms with Gasteiger partial charge in [-0.25, -0.2) is 4.98 Å². The summed E-state index contributed by atoms with van der Waals surface area (Å²) in [6, 6.07) is 11.1. The molecular weight excluding hydrogens is 348 g/mol. The van der Waals surface area contributed by atoms with Gasteiger partial charge in [-0.2, -0.15) is 0 Å². The summed E-state index contributed by atoms with van der Waals surface area (Å²) in [5.74, 6) is 1.97. The topological polar surface area (TPSA) is 47.0 Å². The first-order valence-electron chi connectivity index (χ1n) is 10.3. The quantitative estimate of drug-likeness (QED) is 0.615. The number of aromatic nitrogens is 1. The maximum absolute atomic E-state index is 4.76. The highest BCUT2D eigenvalue weighted by Crippen LogP contribution is 2.22. The number of nitrogens with one attached hydrogen (secondary N) is 1. The van der Waals surface area contributed by atoms with E-state index in [1.54, 1.807) is 0 Å². The van der Waals surface area contributed by atoms with Crippen molar-refractivity contribution in [2.24, 2.45) is 4.99 Å². The number of aliphatic imine (C=N–C) groups is 1. The number of rotatable bonds is 6. The standard InChI is InChI=1S/C22H34N6/c1-6-27(7-2)18-12-13-28(16-18)22(23-3)24-15-17-14-21(26(4)5)25-20-11-9-8-10-19(17)20/h8-11,14,18H,6-7,12-13,15-16H2,1-5H3,(H,23,24). The summed E-state index contributed by atoms with van der Waals surface area (Å²) >= 11 is 0. The van der Waals surface area contributed by atoms with Crippen LogP contribution in [0.5, 0.6) is 0 Å². The van der Waals surface area contributed by atoms with Gasteiger partial charge >= 0.3 is 0 Å². The smallest absolute Gasteiger partial charge is 0.193 e.